The molecule has 102 valence electrons. The molecule has 1 aromatic rings. The minimum Gasteiger partial charge on any atom is -0.379 e. The zero-order valence-corrected chi connectivity index (χ0v) is 12.5. The van der Waals surface area contributed by atoms with Crippen LogP contribution in [0.4, 0.5) is 0 Å². The van der Waals surface area contributed by atoms with Crippen molar-refractivity contribution in [1.29, 1.82) is 0 Å². The molecular weight excluding hydrogens is 244 g/mol. The maximum atomic E-state index is 5.37. The zero-order valence-electron chi connectivity index (χ0n) is 11.7. The largest absolute Gasteiger partial charge is 0.379 e. The molecule has 4 heteroatoms. The summed E-state index contributed by atoms with van der Waals surface area (Å²) < 4.78 is 5.37. The van der Waals surface area contributed by atoms with E-state index in [9.17, 15) is 0 Å². The van der Waals surface area contributed by atoms with Gasteiger partial charge in [-0.1, -0.05) is 0 Å². The third kappa shape index (κ3) is 4.05. The van der Waals surface area contributed by atoms with Gasteiger partial charge in [0, 0.05) is 42.0 Å². The molecule has 1 aliphatic rings. The van der Waals surface area contributed by atoms with E-state index in [4.69, 9.17) is 4.74 Å². The Labute approximate surface area is 114 Å². The van der Waals surface area contributed by atoms with Crippen LogP contribution in [-0.2, 0) is 11.3 Å². The molecule has 0 radical (unpaired) electrons. The van der Waals surface area contributed by atoms with E-state index >= 15 is 0 Å². The van der Waals surface area contributed by atoms with E-state index in [1.54, 1.807) is 0 Å². The minimum atomic E-state index is 0.533. The summed E-state index contributed by atoms with van der Waals surface area (Å²) in [5, 5.41) is 3.61. The number of ether oxygens (including phenoxy) is 1. The number of hydrogen-bond donors (Lipinski definition) is 1. The molecule has 0 amide bonds. The van der Waals surface area contributed by atoms with Gasteiger partial charge in [-0.2, -0.15) is 0 Å². The summed E-state index contributed by atoms with van der Waals surface area (Å²) in [6, 6.07) is 2.83. The standard InChI is InChI=1S/C14H24N2OS/c1-11-8-14(18-13(11)3)9-15-12(2)10-16-4-6-17-7-5-16/h8,12,15H,4-7,9-10H2,1-3H3. The highest BCUT2D eigenvalue weighted by molar-refractivity contribution is 7.12. The number of nitrogens with one attached hydrogen (secondary N) is 1. The molecule has 0 bridgehead atoms. The molecule has 2 heterocycles. The maximum absolute atomic E-state index is 5.37. The van der Waals surface area contributed by atoms with Crippen LogP contribution in [-0.4, -0.2) is 43.8 Å². The van der Waals surface area contributed by atoms with Crippen molar-refractivity contribution in [3.05, 3.63) is 21.4 Å². The molecule has 1 aromatic heterocycles. The molecule has 0 aromatic carbocycles. The molecular formula is C14H24N2OS. The highest BCUT2D eigenvalue weighted by Gasteiger charge is 2.13. The van der Waals surface area contributed by atoms with E-state index in [2.05, 4.69) is 37.1 Å². The predicted molar refractivity (Wildman–Crippen MR) is 77.4 cm³/mol. The average Bonchev–Trinajstić information content (AvgIpc) is 2.68. The Morgan fingerprint density at radius 3 is 2.72 bits per heavy atom. The lowest BCUT2D eigenvalue weighted by molar-refractivity contribution is 0.0343. The molecule has 1 unspecified atom stereocenters. The topological polar surface area (TPSA) is 24.5 Å². The molecule has 1 fully saturated rings. The Morgan fingerprint density at radius 2 is 2.11 bits per heavy atom. The Bertz CT molecular complexity index is 352. The van der Waals surface area contributed by atoms with Crippen LogP contribution in [0.2, 0.25) is 0 Å². The van der Waals surface area contributed by atoms with Gasteiger partial charge in [0.1, 0.15) is 0 Å². The number of aryl methyl sites for hydroxylation is 2. The van der Waals surface area contributed by atoms with Crippen molar-refractivity contribution in [3.8, 4) is 0 Å². The van der Waals surface area contributed by atoms with Gasteiger partial charge in [-0.15, -0.1) is 11.3 Å². The van der Waals surface area contributed by atoms with Crippen LogP contribution in [0.3, 0.4) is 0 Å². The lowest BCUT2D eigenvalue weighted by atomic mass is 10.2. The normalized spacial score (nSPS) is 19.1. The van der Waals surface area contributed by atoms with Gasteiger partial charge in [-0.25, -0.2) is 0 Å². The fraction of sp³-hybridized carbons (Fsp3) is 0.714. The van der Waals surface area contributed by atoms with E-state index < -0.39 is 0 Å². The lowest BCUT2D eigenvalue weighted by Crippen LogP contribution is -2.44. The molecule has 1 aliphatic heterocycles. The van der Waals surface area contributed by atoms with Crippen LogP contribution in [0, 0.1) is 13.8 Å². The maximum Gasteiger partial charge on any atom is 0.0594 e. The number of nitrogens with zero attached hydrogens (tertiary/aromatic N) is 1. The number of thiophene rings is 1. The van der Waals surface area contributed by atoms with Crippen LogP contribution in [0.15, 0.2) is 6.07 Å². The SMILES string of the molecule is Cc1cc(CNC(C)CN2CCOCC2)sc1C. The van der Waals surface area contributed by atoms with Gasteiger partial charge in [-0.05, 0) is 32.4 Å². The Morgan fingerprint density at radius 1 is 1.39 bits per heavy atom. The summed E-state index contributed by atoms with van der Waals surface area (Å²) in [6.07, 6.45) is 0. The average molecular weight is 268 g/mol. The van der Waals surface area contributed by atoms with Crippen molar-refractivity contribution in [2.24, 2.45) is 0 Å². The Kier molecular flexibility index (Phi) is 5.18. The summed E-state index contributed by atoms with van der Waals surface area (Å²) in [5.74, 6) is 0. The second-order valence-corrected chi connectivity index (χ2v) is 6.49. The van der Waals surface area contributed by atoms with Crippen molar-refractivity contribution < 1.29 is 4.74 Å². The van der Waals surface area contributed by atoms with Crippen LogP contribution in [0.5, 0.6) is 0 Å². The highest BCUT2D eigenvalue weighted by atomic mass is 32.1. The van der Waals surface area contributed by atoms with E-state index in [-0.39, 0.29) is 0 Å². The Hall–Kier alpha value is -0.420. The number of hydrogen-bond acceptors (Lipinski definition) is 4. The predicted octanol–water partition coefficient (Wildman–Crippen LogP) is 2.18. The van der Waals surface area contributed by atoms with Crippen molar-refractivity contribution in [2.45, 2.75) is 33.4 Å². The zero-order chi connectivity index (χ0) is 13.0. The first-order valence-corrected chi connectivity index (χ1v) is 7.56. The third-order valence-corrected chi connectivity index (χ3v) is 4.63. The molecule has 1 saturated heterocycles. The number of morpholine rings is 1. The van der Waals surface area contributed by atoms with Gasteiger partial charge < -0.3 is 10.1 Å². The summed E-state index contributed by atoms with van der Waals surface area (Å²) in [5.41, 5.74) is 1.41. The molecule has 1 atom stereocenters. The number of rotatable bonds is 5. The summed E-state index contributed by atoms with van der Waals surface area (Å²) in [6.45, 7) is 12.7. The first kappa shape index (κ1) is 14.0. The van der Waals surface area contributed by atoms with Gasteiger partial charge in [0.15, 0.2) is 0 Å². The second-order valence-electron chi connectivity index (χ2n) is 5.15. The second kappa shape index (κ2) is 6.66. The van der Waals surface area contributed by atoms with Gasteiger partial charge in [0.25, 0.3) is 0 Å². The van der Waals surface area contributed by atoms with E-state index in [1.165, 1.54) is 15.3 Å². The van der Waals surface area contributed by atoms with Crippen LogP contribution in [0.1, 0.15) is 22.2 Å². The Balaban J connectivity index is 1.72. The third-order valence-electron chi connectivity index (χ3n) is 3.48. The van der Waals surface area contributed by atoms with Crippen LogP contribution >= 0.6 is 11.3 Å². The van der Waals surface area contributed by atoms with Crippen molar-refractivity contribution in [1.82, 2.24) is 10.2 Å². The van der Waals surface area contributed by atoms with Gasteiger partial charge in [-0.3, -0.25) is 4.90 Å². The smallest absolute Gasteiger partial charge is 0.0594 e. The fourth-order valence-electron chi connectivity index (χ4n) is 2.25. The molecule has 2 rings (SSSR count). The van der Waals surface area contributed by atoms with Gasteiger partial charge in [0.2, 0.25) is 0 Å². The van der Waals surface area contributed by atoms with Crippen molar-refractivity contribution >= 4 is 11.3 Å². The molecule has 1 N–H and O–H groups in total. The quantitative estimate of drug-likeness (QED) is 0.886. The van der Waals surface area contributed by atoms with Crippen molar-refractivity contribution in [3.63, 3.8) is 0 Å². The molecule has 3 nitrogen and oxygen atoms in total. The highest BCUT2D eigenvalue weighted by Crippen LogP contribution is 2.20. The first-order chi connectivity index (χ1) is 8.65. The first-order valence-electron chi connectivity index (χ1n) is 6.74. The van der Waals surface area contributed by atoms with E-state index in [0.717, 1.165) is 39.4 Å². The van der Waals surface area contributed by atoms with Crippen molar-refractivity contribution in [2.75, 3.05) is 32.8 Å². The summed E-state index contributed by atoms with van der Waals surface area (Å²) in [4.78, 5) is 5.36. The van der Waals surface area contributed by atoms with E-state index in [0.29, 0.717) is 6.04 Å². The molecule has 0 saturated carbocycles. The van der Waals surface area contributed by atoms with Crippen LogP contribution in [0.25, 0.3) is 0 Å². The van der Waals surface area contributed by atoms with Gasteiger partial charge in [0.05, 0.1) is 13.2 Å². The summed E-state index contributed by atoms with van der Waals surface area (Å²) >= 11 is 1.91. The molecule has 0 spiro atoms. The van der Waals surface area contributed by atoms with E-state index in [1.807, 2.05) is 11.3 Å². The molecule has 0 aliphatic carbocycles. The summed E-state index contributed by atoms with van der Waals surface area (Å²) in [7, 11) is 0. The molecule has 18 heavy (non-hydrogen) atoms. The van der Waals surface area contributed by atoms with Gasteiger partial charge >= 0.3 is 0 Å². The monoisotopic (exact) mass is 268 g/mol. The van der Waals surface area contributed by atoms with Crippen LogP contribution < -0.4 is 5.32 Å². The lowest BCUT2D eigenvalue weighted by Gasteiger charge is -2.29. The minimum absolute atomic E-state index is 0.533. The fourth-order valence-corrected chi connectivity index (χ4v) is 3.25.